The summed E-state index contributed by atoms with van der Waals surface area (Å²) < 4.78 is 11.0. The quantitative estimate of drug-likeness (QED) is 0.678. The molecule has 3 aromatic rings. The summed E-state index contributed by atoms with van der Waals surface area (Å²) >= 11 is 0. The Morgan fingerprint density at radius 1 is 1.10 bits per heavy atom. The van der Waals surface area contributed by atoms with Gasteiger partial charge in [-0.25, -0.2) is 4.98 Å². The molecular weight excluding hydrogens is 380 g/mol. The van der Waals surface area contributed by atoms with Crippen molar-refractivity contribution in [2.24, 2.45) is 0 Å². The van der Waals surface area contributed by atoms with Crippen molar-refractivity contribution in [2.45, 2.75) is 24.8 Å². The molecule has 1 spiro atoms. The van der Waals surface area contributed by atoms with E-state index < -0.39 is 5.54 Å². The highest BCUT2D eigenvalue weighted by Crippen LogP contribution is 2.51. The molecule has 2 aliphatic rings. The highest BCUT2D eigenvalue weighted by molar-refractivity contribution is 6.30. The first-order valence-electron chi connectivity index (χ1n) is 10.1. The zero-order chi connectivity index (χ0) is 20.9. The van der Waals surface area contributed by atoms with Crippen LogP contribution in [0.25, 0.3) is 16.6 Å². The Morgan fingerprint density at radius 2 is 1.80 bits per heavy atom. The van der Waals surface area contributed by atoms with E-state index in [-0.39, 0.29) is 5.78 Å². The van der Waals surface area contributed by atoms with Gasteiger partial charge in [-0.1, -0.05) is 12.1 Å². The molecule has 7 nitrogen and oxygen atoms in total. The second-order valence-electron chi connectivity index (χ2n) is 7.70. The highest BCUT2D eigenvalue weighted by atomic mass is 16.5. The summed E-state index contributed by atoms with van der Waals surface area (Å²) in [5, 5.41) is 3.28. The number of aromatic nitrogens is 2. The van der Waals surface area contributed by atoms with Crippen LogP contribution in [0, 0.1) is 0 Å². The molecule has 1 fully saturated rings. The van der Waals surface area contributed by atoms with Crippen molar-refractivity contribution < 1.29 is 14.3 Å². The van der Waals surface area contributed by atoms with Crippen molar-refractivity contribution in [1.29, 1.82) is 0 Å². The topological polar surface area (TPSA) is 79.5 Å². The number of hydrogen-bond donors (Lipinski definition) is 2. The number of methoxy groups -OCH3 is 2. The van der Waals surface area contributed by atoms with Gasteiger partial charge in [-0.2, -0.15) is 0 Å². The van der Waals surface area contributed by atoms with E-state index in [9.17, 15) is 4.79 Å². The number of Topliss-reactive ketones (excluding diaryl/α,β-unsaturated/α-hetero) is 1. The van der Waals surface area contributed by atoms with Crippen LogP contribution in [0.15, 0.2) is 48.3 Å². The van der Waals surface area contributed by atoms with E-state index in [1.807, 2.05) is 49.5 Å². The van der Waals surface area contributed by atoms with Crippen LogP contribution in [0.4, 0.5) is 5.69 Å². The number of nitrogens with zero attached hydrogens (tertiary/aromatic N) is 2. The van der Waals surface area contributed by atoms with Crippen molar-refractivity contribution in [3.63, 3.8) is 0 Å². The number of anilines is 1. The number of carbonyl (C=O) groups is 1. The van der Waals surface area contributed by atoms with E-state index in [2.05, 4.69) is 15.2 Å². The fourth-order valence-electron chi connectivity index (χ4n) is 4.56. The Kier molecular flexibility index (Phi) is 4.20. The van der Waals surface area contributed by atoms with Crippen LogP contribution in [0.1, 0.15) is 25.1 Å². The van der Waals surface area contributed by atoms with Gasteiger partial charge in [0.1, 0.15) is 34.3 Å². The number of aromatic amines is 1. The lowest BCUT2D eigenvalue weighted by Crippen LogP contribution is -2.56. The summed E-state index contributed by atoms with van der Waals surface area (Å²) in [6.45, 7) is 0. The lowest BCUT2D eigenvalue weighted by atomic mass is 9.72. The molecule has 0 unspecified atom stereocenters. The summed E-state index contributed by atoms with van der Waals surface area (Å²) in [4.78, 5) is 23.9. The molecule has 0 saturated heterocycles. The van der Waals surface area contributed by atoms with Crippen LogP contribution in [-0.4, -0.2) is 42.6 Å². The molecule has 1 saturated carbocycles. The number of carbonyl (C=O) groups excluding carboxylic acids is 1. The van der Waals surface area contributed by atoms with Gasteiger partial charge in [0.15, 0.2) is 5.78 Å². The standard InChI is InChI=1S/C23H24N4O3/c1-24-22-19(21-25-17-7-4-5-8-18(17)26-21)20(28)23(9-6-10-23)27(22)14-11-15(29-2)13-16(12-14)30-3/h4-5,7-8,11-13,24H,6,9-10H2,1-3H3,(H,25,26). The van der Waals surface area contributed by atoms with Crippen LogP contribution in [0.5, 0.6) is 11.5 Å². The van der Waals surface area contributed by atoms with Gasteiger partial charge in [0.25, 0.3) is 0 Å². The van der Waals surface area contributed by atoms with Crippen LogP contribution < -0.4 is 19.7 Å². The average molecular weight is 404 g/mol. The predicted molar refractivity (Wildman–Crippen MR) is 116 cm³/mol. The lowest BCUT2D eigenvalue weighted by Gasteiger charge is -2.46. The third-order valence-electron chi connectivity index (χ3n) is 6.18. The van der Waals surface area contributed by atoms with Gasteiger partial charge in [0.05, 0.1) is 30.9 Å². The first-order chi connectivity index (χ1) is 14.6. The van der Waals surface area contributed by atoms with Gasteiger partial charge in [0, 0.05) is 25.2 Å². The maximum absolute atomic E-state index is 13.8. The predicted octanol–water partition coefficient (Wildman–Crippen LogP) is 3.48. The molecule has 0 amide bonds. The van der Waals surface area contributed by atoms with Crippen LogP contribution in [-0.2, 0) is 4.79 Å². The largest absolute Gasteiger partial charge is 0.497 e. The van der Waals surface area contributed by atoms with Crippen molar-refractivity contribution in [2.75, 3.05) is 26.2 Å². The number of para-hydroxylation sites is 2. The molecular formula is C23H24N4O3. The minimum Gasteiger partial charge on any atom is -0.497 e. The zero-order valence-electron chi connectivity index (χ0n) is 17.3. The van der Waals surface area contributed by atoms with Gasteiger partial charge in [-0.3, -0.25) is 4.79 Å². The molecule has 1 aliphatic carbocycles. The molecule has 154 valence electrons. The lowest BCUT2D eigenvalue weighted by molar-refractivity contribution is -0.120. The molecule has 30 heavy (non-hydrogen) atoms. The minimum atomic E-state index is -0.607. The number of nitrogens with one attached hydrogen (secondary N) is 2. The van der Waals surface area contributed by atoms with Crippen LogP contribution >= 0.6 is 0 Å². The first kappa shape index (κ1) is 18.5. The fourth-order valence-corrected chi connectivity index (χ4v) is 4.56. The number of ketones is 1. The third kappa shape index (κ3) is 2.51. The number of ether oxygens (including phenoxy) is 2. The Hall–Kier alpha value is -3.48. The van der Waals surface area contributed by atoms with E-state index >= 15 is 0 Å². The number of hydrogen-bond acceptors (Lipinski definition) is 6. The molecule has 1 aromatic heterocycles. The Balaban J connectivity index is 1.72. The van der Waals surface area contributed by atoms with Crippen LogP contribution in [0.2, 0.25) is 0 Å². The Morgan fingerprint density at radius 3 is 2.37 bits per heavy atom. The normalized spacial score (nSPS) is 17.6. The SMILES string of the molecule is CNC1=C(c2nc3ccccc3[nH]2)C(=O)C2(CCC2)N1c1cc(OC)cc(OC)c1. The second kappa shape index (κ2) is 6.79. The summed E-state index contributed by atoms with van der Waals surface area (Å²) in [5.41, 5.74) is 2.59. The maximum Gasteiger partial charge on any atom is 0.196 e. The molecule has 2 N–H and O–H groups in total. The summed E-state index contributed by atoms with van der Waals surface area (Å²) in [7, 11) is 5.09. The number of fused-ring (bicyclic) bond motifs is 1. The smallest absolute Gasteiger partial charge is 0.196 e. The maximum atomic E-state index is 13.8. The molecule has 0 bridgehead atoms. The number of imidazole rings is 1. The molecule has 2 heterocycles. The van der Waals surface area contributed by atoms with E-state index in [1.54, 1.807) is 14.2 Å². The Labute approximate surface area is 174 Å². The van der Waals surface area contributed by atoms with Gasteiger partial charge in [0.2, 0.25) is 0 Å². The van der Waals surface area contributed by atoms with E-state index in [0.717, 1.165) is 41.8 Å². The summed E-state index contributed by atoms with van der Waals surface area (Å²) in [6, 6.07) is 13.5. The summed E-state index contributed by atoms with van der Waals surface area (Å²) in [6.07, 6.45) is 2.59. The molecule has 1 aliphatic heterocycles. The minimum absolute atomic E-state index is 0.0962. The summed E-state index contributed by atoms with van der Waals surface area (Å²) in [5.74, 6) is 2.79. The van der Waals surface area contributed by atoms with Crippen LogP contribution in [0.3, 0.4) is 0 Å². The van der Waals surface area contributed by atoms with E-state index in [0.29, 0.717) is 22.9 Å². The van der Waals surface area contributed by atoms with E-state index in [4.69, 9.17) is 14.5 Å². The second-order valence-corrected chi connectivity index (χ2v) is 7.70. The molecule has 0 radical (unpaired) electrons. The van der Waals surface area contributed by atoms with Crippen molar-refractivity contribution in [1.82, 2.24) is 15.3 Å². The Bertz CT molecular complexity index is 1120. The van der Waals surface area contributed by atoms with Gasteiger partial charge in [-0.15, -0.1) is 0 Å². The molecule has 7 heteroatoms. The van der Waals surface area contributed by atoms with Crippen molar-refractivity contribution in [3.05, 3.63) is 54.1 Å². The third-order valence-corrected chi connectivity index (χ3v) is 6.18. The van der Waals surface area contributed by atoms with Crippen molar-refractivity contribution in [3.8, 4) is 11.5 Å². The number of benzene rings is 2. The molecule has 0 atom stereocenters. The highest BCUT2D eigenvalue weighted by Gasteiger charge is 2.57. The van der Waals surface area contributed by atoms with E-state index in [1.165, 1.54) is 0 Å². The molecule has 2 aromatic carbocycles. The first-order valence-corrected chi connectivity index (χ1v) is 10.1. The monoisotopic (exact) mass is 404 g/mol. The van der Waals surface area contributed by atoms with Gasteiger partial charge >= 0.3 is 0 Å². The number of rotatable bonds is 5. The fraction of sp³-hybridized carbons (Fsp3) is 0.304. The molecule has 5 rings (SSSR count). The average Bonchev–Trinajstić information content (AvgIpc) is 3.28. The van der Waals surface area contributed by atoms with Crippen molar-refractivity contribution >= 4 is 28.1 Å². The number of H-pyrrole nitrogens is 1. The van der Waals surface area contributed by atoms with Gasteiger partial charge in [-0.05, 0) is 31.4 Å². The van der Waals surface area contributed by atoms with Gasteiger partial charge < -0.3 is 24.7 Å². The zero-order valence-corrected chi connectivity index (χ0v) is 17.3.